The molecule has 0 aliphatic heterocycles. The van der Waals surface area contributed by atoms with Crippen LogP contribution >= 0.6 is 0 Å². The van der Waals surface area contributed by atoms with E-state index in [-0.39, 0.29) is 24.8 Å². The first kappa shape index (κ1) is 22.8. The molecule has 27 heavy (non-hydrogen) atoms. The van der Waals surface area contributed by atoms with Gasteiger partial charge in [0.05, 0.1) is 6.04 Å². The highest BCUT2D eigenvalue weighted by Gasteiger charge is 2.29. The van der Waals surface area contributed by atoms with E-state index in [1.165, 1.54) is 0 Å². The van der Waals surface area contributed by atoms with E-state index in [4.69, 9.17) is 5.73 Å². The number of carbonyl (C=O) groups is 3. The number of hydrogen-bond donors (Lipinski definition) is 4. The lowest BCUT2D eigenvalue weighted by Gasteiger charge is -2.26. The zero-order valence-electron chi connectivity index (χ0n) is 16.1. The van der Waals surface area contributed by atoms with Crippen molar-refractivity contribution in [2.75, 3.05) is 13.2 Å². The summed E-state index contributed by atoms with van der Waals surface area (Å²) in [5, 5.41) is 14.6. The number of benzene rings is 1. The summed E-state index contributed by atoms with van der Waals surface area (Å²) < 4.78 is 0. The number of aliphatic hydroxyl groups excluding tert-OH is 1. The van der Waals surface area contributed by atoms with Crippen molar-refractivity contribution in [2.45, 2.75) is 51.6 Å². The zero-order valence-corrected chi connectivity index (χ0v) is 16.1. The molecule has 0 aliphatic rings. The normalized spacial score (nSPS) is 14.1. The Hall–Kier alpha value is -2.25. The van der Waals surface area contributed by atoms with Gasteiger partial charge in [-0.25, -0.2) is 0 Å². The molecular weight excluding hydrogens is 346 g/mol. The highest BCUT2D eigenvalue weighted by molar-refractivity contribution is 5.93. The van der Waals surface area contributed by atoms with Gasteiger partial charge in [0.2, 0.25) is 11.8 Å². The van der Waals surface area contributed by atoms with Crippen molar-refractivity contribution in [1.82, 2.24) is 10.6 Å². The van der Waals surface area contributed by atoms with Crippen LogP contribution in [0.4, 0.5) is 0 Å². The Morgan fingerprint density at radius 3 is 2.37 bits per heavy atom. The number of rotatable bonds is 12. The Labute approximate surface area is 160 Å². The van der Waals surface area contributed by atoms with Crippen LogP contribution in [0.25, 0.3) is 0 Å². The van der Waals surface area contributed by atoms with Crippen molar-refractivity contribution in [3.05, 3.63) is 35.9 Å². The van der Waals surface area contributed by atoms with E-state index >= 15 is 0 Å². The first-order valence-corrected chi connectivity index (χ1v) is 9.40. The largest absolute Gasteiger partial charge is 0.389 e. The molecule has 0 saturated heterocycles. The van der Waals surface area contributed by atoms with Gasteiger partial charge >= 0.3 is 0 Å². The number of aliphatic hydroxyl groups is 1. The maximum Gasteiger partial charge on any atom is 0.243 e. The number of ketones is 1. The number of carbonyl (C=O) groups excluding carboxylic acids is 3. The van der Waals surface area contributed by atoms with Gasteiger partial charge in [0.1, 0.15) is 12.6 Å². The lowest BCUT2D eigenvalue weighted by atomic mass is 9.96. The number of aryl methyl sites for hydroxylation is 1. The molecule has 0 aliphatic carbocycles. The summed E-state index contributed by atoms with van der Waals surface area (Å²) in [6.45, 7) is 3.34. The molecule has 0 heterocycles. The maximum atomic E-state index is 12.7. The van der Waals surface area contributed by atoms with E-state index in [2.05, 4.69) is 10.6 Å². The lowest BCUT2D eigenvalue weighted by molar-refractivity contribution is -0.133. The van der Waals surface area contributed by atoms with Crippen LogP contribution in [0.1, 0.15) is 38.7 Å². The van der Waals surface area contributed by atoms with Crippen molar-refractivity contribution >= 4 is 17.6 Å². The van der Waals surface area contributed by atoms with Crippen molar-refractivity contribution < 1.29 is 19.5 Å². The van der Waals surface area contributed by atoms with Gasteiger partial charge < -0.3 is 21.5 Å². The third kappa shape index (κ3) is 7.88. The summed E-state index contributed by atoms with van der Waals surface area (Å²) in [5.41, 5.74) is 6.43. The molecule has 0 aromatic heterocycles. The number of Topliss-reactive ketones (excluding diaryl/α,β-unsaturated/α-hetero) is 1. The van der Waals surface area contributed by atoms with Crippen LogP contribution in [0.3, 0.4) is 0 Å². The molecule has 0 bridgehead atoms. The Kier molecular flexibility index (Phi) is 10.3. The predicted octanol–water partition coefficient (Wildman–Crippen LogP) is 0.545. The summed E-state index contributed by atoms with van der Waals surface area (Å²) in [6.07, 6.45) is 1.78. The third-order valence-corrected chi connectivity index (χ3v) is 4.61. The van der Waals surface area contributed by atoms with Crippen molar-refractivity contribution in [2.24, 2.45) is 11.7 Å². The fourth-order valence-corrected chi connectivity index (χ4v) is 2.72. The Morgan fingerprint density at radius 2 is 1.81 bits per heavy atom. The highest BCUT2D eigenvalue weighted by atomic mass is 16.3. The molecule has 3 atom stereocenters. The molecule has 7 nitrogen and oxygen atoms in total. The molecule has 0 radical (unpaired) electrons. The Bertz CT molecular complexity index is 607. The van der Waals surface area contributed by atoms with E-state index in [1.54, 1.807) is 0 Å². The topological polar surface area (TPSA) is 122 Å². The second-order valence-corrected chi connectivity index (χ2v) is 6.68. The van der Waals surface area contributed by atoms with Crippen LogP contribution in [0.5, 0.6) is 0 Å². The molecule has 1 aromatic rings. The summed E-state index contributed by atoms with van der Waals surface area (Å²) >= 11 is 0. The summed E-state index contributed by atoms with van der Waals surface area (Å²) in [4.78, 5) is 36.7. The molecule has 7 heteroatoms. The average molecular weight is 377 g/mol. The van der Waals surface area contributed by atoms with E-state index < -0.39 is 30.4 Å². The molecule has 150 valence electrons. The number of hydrogen-bond acceptors (Lipinski definition) is 5. The fourth-order valence-electron chi connectivity index (χ4n) is 2.72. The molecule has 3 unspecified atom stereocenters. The van der Waals surface area contributed by atoms with Gasteiger partial charge in [-0.3, -0.25) is 14.4 Å². The minimum absolute atomic E-state index is 0.106. The number of nitrogens with one attached hydrogen (secondary N) is 2. The Balaban J connectivity index is 2.81. The molecule has 1 aromatic carbocycles. The van der Waals surface area contributed by atoms with Crippen molar-refractivity contribution in [1.29, 1.82) is 0 Å². The summed E-state index contributed by atoms with van der Waals surface area (Å²) in [7, 11) is 0. The lowest BCUT2D eigenvalue weighted by Crippen LogP contribution is -2.54. The smallest absolute Gasteiger partial charge is 0.243 e. The van der Waals surface area contributed by atoms with E-state index in [9.17, 15) is 19.5 Å². The summed E-state index contributed by atoms with van der Waals surface area (Å²) in [6, 6.07) is 8.04. The van der Waals surface area contributed by atoms with Crippen LogP contribution in [-0.4, -0.2) is 47.9 Å². The standard InChI is InChI=1S/C20H31N3O4/c1-3-14(2)19(23-18(26)11-12-21)20(27)22-16(17(25)13-24)10-9-15-7-5-4-6-8-15/h4-8,14,16,19,24H,3,9-13,21H2,1-2H3,(H,22,27)(H,23,26). The van der Waals surface area contributed by atoms with Gasteiger partial charge in [-0.15, -0.1) is 0 Å². The second kappa shape index (κ2) is 12.2. The quantitative estimate of drug-likeness (QED) is 0.424. The van der Waals surface area contributed by atoms with Gasteiger partial charge in [0, 0.05) is 13.0 Å². The maximum absolute atomic E-state index is 12.7. The van der Waals surface area contributed by atoms with Crippen molar-refractivity contribution in [3.8, 4) is 0 Å². The third-order valence-electron chi connectivity index (χ3n) is 4.61. The molecule has 2 amide bonds. The second-order valence-electron chi connectivity index (χ2n) is 6.68. The highest BCUT2D eigenvalue weighted by Crippen LogP contribution is 2.11. The average Bonchev–Trinajstić information content (AvgIpc) is 2.68. The zero-order chi connectivity index (χ0) is 20.2. The monoisotopic (exact) mass is 377 g/mol. The number of amides is 2. The molecular formula is C20H31N3O4. The molecule has 0 saturated carbocycles. The molecule has 5 N–H and O–H groups in total. The fraction of sp³-hybridized carbons (Fsp3) is 0.550. The van der Waals surface area contributed by atoms with E-state index in [0.717, 1.165) is 5.56 Å². The van der Waals surface area contributed by atoms with Gasteiger partial charge in [-0.1, -0.05) is 50.6 Å². The SMILES string of the molecule is CCC(C)C(NC(=O)CCN)C(=O)NC(CCc1ccccc1)C(=O)CO. The van der Waals surface area contributed by atoms with E-state index in [1.807, 2.05) is 44.2 Å². The van der Waals surface area contributed by atoms with Crippen LogP contribution in [0.15, 0.2) is 30.3 Å². The minimum atomic E-state index is -0.805. The van der Waals surface area contributed by atoms with Crippen LogP contribution in [0, 0.1) is 5.92 Å². The van der Waals surface area contributed by atoms with Gasteiger partial charge in [-0.05, 0) is 24.3 Å². The van der Waals surface area contributed by atoms with Gasteiger partial charge in [0.15, 0.2) is 5.78 Å². The van der Waals surface area contributed by atoms with Crippen molar-refractivity contribution in [3.63, 3.8) is 0 Å². The first-order valence-electron chi connectivity index (χ1n) is 9.40. The summed E-state index contributed by atoms with van der Waals surface area (Å²) in [5.74, 6) is -1.27. The van der Waals surface area contributed by atoms with Crippen LogP contribution in [-0.2, 0) is 20.8 Å². The molecule has 1 rings (SSSR count). The molecule has 0 spiro atoms. The van der Waals surface area contributed by atoms with Gasteiger partial charge in [-0.2, -0.15) is 0 Å². The number of nitrogens with two attached hydrogens (primary N) is 1. The van der Waals surface area contributed by atoms with E-state index in [0.29, 0.717) is 19.3 Å². The predicted molar refractivity (Wildman–Crippen MR) is 104 cm³/mol. The van der Waals surface area contributed by atoms with Crippen LogP contribution in [0.2, 0.25) is 0 Å². The molecule has 0 fully saturated rings. The Morgan fingerprint density at radius 1 is 1.15 bits per heavy atom. The van der Waals surface area contributed by atoms with Crippen LogP contribution < -0.4 is 16.4 Å². The first-order chi connectivity index (χ1) is 12.9. The van der Waals surface area contributed by atoms with Gasteiger partial charge in [0.25, 0.3) is 0 Å². The minimum Gasteiger partial charge on any atom is -0.389 e.